The van der Waals surface area contributed by atoms with E-state index in [9.17, 15) is 10.2 Å². The summed E-state index contributed by atoms with van der Waals surface area (Å²) in [6.45, 7) is 23.7. The molecule has 0 fully saturated rings. The summed E-state index contributed by atoms with van der Waals surface area (Å²) in [6.07, 6.45) is 4.42. The number of aryl methyl sites for hydroxylation is 1. The van der Waals surface area contributed by atoms with Gasteiger partial charge in [-0.05, 0) is 108 Å². The molecule has 326 valence electrons. The van der Waals surface area contributed by atoms with Gasteiger partial charge < -0.3 is 28.8 Å². The molecule has 0 atom stereocenters. The zero-order valence-corrected chi connectivity index (χ0v) is 39.4. The van der Waals surface area contributed by atoms with Crippen molar-refractivity contribution in [2.24, 2.45) is 9.98 Å². The summed E-state index contributed by atoms with van der Waals surface area (Å²) < 4.78 is 18.2. The maximum Gasteiger partial charge on any atom is 0.500 e. The molecule has 0 bridgehead atoms. The molecule has 6 aromatic rings. The van der Waals surface area contributed by atoms with Gasteiger partial charge in [-0.25, -0.2) is 0 Å². The van der Waals surface area contributed by atoms with Crippen molar-refractivity contribution in [2.75, 3.05) is 26.4 Å². The van der Waals surface area contributed by atoms with Gasteiger partial charge in [0.15, 0.2) is 0 Å². The largest absolute Gasteiger partial charge is 0.507 e. The Morgan fingerprint density at radius 3 is 1.56 bits per heavy atom. The summed E-state index contributed by atoms with van der Waals surface area (Å²) in [6, 6.07) is 33.9. The van der Waals surface area contributed by atoms with Crippen LogP contribution in [0.25, 0.3) is 32.7 Å². The fourth-order valence-corrected chi connectivity index (χ4v) is 10.8. The average molecular weight is 852 g/mol. The van der Waals surface area contributed by atoms with Gasteiger partial charge in [0.05, 0.1) is 11.4 Å². The van der Waals surface area contributed by atoms with Gasteiger partial charge in [-0.1, -0.05) is 114 Å². The number of rotatable bonds is 17. The molecule has 6 aromatic carbocycles. The van der Waals surface area contributed by atoms with Gasteiger partial charge in [-0.2, -0.15) is 0 Å². The van der Waals surface area contributed by atoms with Gasteiger partial charge in [-0.15, -0.1) is 0 Å². The van der Waals surface area contributed by atoms with Crippen LogP contribution in [0.15, 0.2) is 107 Å². The minimum Gasteiger partial charge on any atom is -0.507 e. The molecule has 0 aliphatic heterocycles. The van der Waals surface area contributed by atoms with Crippen LogP contribution in [-0.2, 0) is 30.7 Å². The van der Waals surface area contributed by atoms with Crippen LogP contribution in [0.3, 0.4) is 0 Å². The average Bonchev–Trinajstić information content (AvgIpc) is 3.23. The van der Waals surface area contributed by atoms with E-state index < -0.39 is 8.80 Å². The van der Waals surface area contributed by atoms with Crippen molar-refractivity contribution in [3.63, 3.8) is 0 Å². The Labute approximate surface area is 370 Å². The fourth-order valence-electron chi connectivity index (χ4n) is 8.17. The third-order valence-corrected chi connectivity index (χ3v) is 14.3. The summed E-state index contributed by atoms with van der Waals surface area (Å²) >= 11 is 0. The number of fused-ring (bicyclic) bond motifs is 2. The van der Waals surface area contributed by atoms with E-state index in [1.165, 1.54) is 0 Å². The first-order chi connectivity index (χ1) is 29.6. The molecule has 9 heteroatoms. The van der Waals surface area contributed by atoms with E-state index in [0.717, 1.165) is 85.3 Å². The Balaban J connectivity index is 1.42. The van der Waals surface area contributed by atoms with Crippen molar-refractivity contribution in [2.45, 2.75) is 99.1 Å². The van der Waals surface area contributed by atoms with Crippen LogP contribution in [0.5, 0.6) is 11.5 Å². The Kier molecular flexibility index (Phi) is 14.9. The highest BCUT2D eigenvalue weighted by atomic mass is 28.4. The molecule has 0 radical (unpaired) electrons. The lowest BCUT2D eigenvalue weighted by Crippen LogP contribution is -2.46. The summed E-state index contributed by atoms with van der Waals surface area (Å²) in [5.41, 5.74) is 7.97. The first-order valence-corrected chi connectivity index (χ1v) is 24.0. The topological polar surface area (TPSA) is 105 Å². The first-order valence-electron chi connectivity index (χ1n) is 22.0. The van der Waals surface area contributed by atoms with E-state index in [1.807, 2.05) is 64.1 Å². The standard InChI is InChI=1S/C53H65N3O5Si/c1-11-59-62(60-12-2,61-13-3)28-18-27-54-33-37-31-41(51(58)45(32-37)53(8,9)10)35-56-47-26-24-39-20-15-17-22-43(39)49(47)48-42-21-16-14-19-38(42)23-25-46(48)55-34-40-29-36(4)30-44(50(40)57)52(5,6)7/h14-17,19-26,29-32,34-35,54,57-58H,11-13,18,27-28,33H2,1-10H3. The zero-order chi connectivity index (χ0) is 44.7. The van der Waals surface area contributed by atoms with Gasteiger partial charge in [-0.3, -0.25) is 9.98 Å². The fraction of sp³-hybridized carbons (Fsp3) is 0.358. The van der Waals surface area contributed by atoms with Crippen LogP contribution in [0, 0.1) is 6.92 Å². The second-order valence-electron chi connectivity index (χ2n) is 18.0. The number of aromatic hydroxyl groups is 2. The highest BCUT2D eigenvalue weighted by Crippen LogP contribution is 2.46. The van der Waals surface area contributed by atoms with Crippen LogP contribution < -0.4 is 5.32 Å². The Bertz CT molecular complexity index is 2550. The smallest absolute Gasteiger partial charge is 0.500 e. The van der Waals surface area contributed by atoms with Gasteiger partial charge in [0.1, 0.15) is 11.5 Å². The van der Waals surface area contributed by atoms with Crippen molar-refractivity contribution < 1.29 is 23.5 Å². The summed E-state index contributed by atoms with van der Waals surface area (Å²) in [7, 11) is -2.73. The first kappa shape index (κ1) is 46.3. The normalized spacial score (nSPS) is 12.7. The van der Waals surface area contributed by atoms with E-state index in [-0.39, 0.29) is 22.3 Å². The molecule has 0 saturated carbocycles. The van der Waals surface area contributed by atoms with Gasteiger partial charge in [0.2, 0.25) is 0 Å². The number of nitrogens with zero attached hydrogens (tertiary/aromatic N) is 2. The van der Waals surface area contributed by atoms with E-state index in [1.54, 1.807) is 12.4 Å². The Hall–Kier alpha value is -5.16. The molecular formula is C53H65N3O5Si. The monoisotopic (exact) mass is 851 g/mol. The molecule has 3 N–H and O–H groups in total. The number of phenols is 2. The molecule has 0 saturated heterocycles. The minimum absolute atomic E-state index is 0.219. The Morgan fingerprint density at radius 1 is 0.613 bits per heavy atom. The number of phenolic OH excluding ortho intramolecular Hbond substituents is 2. The number of hydrogen-bond donors (Lipinski definition) is 3. The van der Waals surface area contributed by atoms with E-state index in [0.29, 0.717) is 37.5 Å². The van der Waals surface area contributed by atoms with Crippen LogP contribution in [-0.4, -0.2) is 57.8 Å². The van der Waals surface area contributed by atoms with Gasteiger partial charge in [0.25, 0.3) is 0 Å². The SMILES string of the molecule is CCO[Si](CCCNCc1cc(C=Nc2ccc3ccccc3c2-c2c(N=Cc3cc(C)cc(C(C)(C)C)c3O)ccc3ccccc23)c(O)c(C(C)(C)C)c1)(OCC)OCC. The predicted molar refractivity (Wildman–Crippen MR) is 262 cm³/mol. The lowest BCUT2D eigenvalue weighted by molar-refractivity contribution is 0.0708. The summed E-state index contributed by atoms with van der Waals surface area (Å²) in [4.78, 5) is 10.4. The lowest BCUT2D eigenvalue weighted by Gasteiger charge is -2.28. The van der Waals surface area contributed by atoms with E-state index in [2.05, 4.69) is 108 Å². The molecule has 0 aliphatic rings. The zero-order valence-electron chi connectivity index (χ0n) is 38.4. The van der Waals surface area contributed by atoms with E-state index in [4.69, 9.17) is 23.3 Å². The summed E-state index contributed by atoms with van der Waals surface area (Å²) in [5, 5.41) is 31.1. The second-order valence-corrected chi connectivity index (χ2v) is 20.7. The van der Waals surface area contributed by atoms with Gasteiger partial charge in [0, 0.05) is 78.2 Å². The quantitative estimate of drug-likeness (QED) is 0.0479. The van der Waals surface area contributed by atoms with E-state index >= 15 is 0 Å². The van der Waals surface area contributed by atoms with Crippen molar-refractivity contribution in [3.8, 4) is 22.6 Å². The highest BCUT2D eigenvalue weighted by molar-refractivity contribution is 6.60. The second kappa shape index (κ2) is 19.9. The number of aliphatic imine (C=N–C) groups is 2. The van der Waals surface area contributed by atoms with Crippen molar-refractivity contribution in [1.29, 1.82) is 0 Å². The van der Waals surface area contributed by atoms with Crippen molar-refractivity contribution in [1.82, 2.24) is 5.32 Å². The minimum atomic E-state index is -2.73. The van der Waals surface area contributed by atoms with Crippen LogP contribution >= 0.6 is 0 Å². The van der Waals surface area contributed by atoms with Gasteiger partial charge >= 0.3 is 8.80 Å². The maximum absolute atomic E-state index is 11.8. The van der Waals surface area contributed by atoms with Crippen molar-refractivity contribution >= 4 is 54.2 Å². The van der Waals surface area contributed by atoms with Crippen molar-refractivity contribution in [3.05, 3.63) is 130 Å². The van der Waals surface area contributed by atoms with Crippen LogP contribution in [0.4, 0.5) is 11.4 Å². The molecule has 0 amide bonds. The molecule has 8 nitrogen and oxygen atoms in total. The highest BCUT2D eigenvalue weighted by Gasteiger charge is 2.39. The van der Waals surface area contributed by atoms with Crippen LogP contribution in [0.2, 0.25) is 6.04 Å². The predicted octanol–water partition coefficient (Wildman–Crippen LogP) is 13.0. The molecule has 62 heavy (non-hydrogen) atoms. The number of benzene rings is 6. The molecule has 0 heterocycles. The molecular weight excluding hydrogens is 787 g/mol. The maximum atomic E-state index is 11.8. The number of hydrogen-bond acceptors (Lipinski definition) is 8. The lowest BCUT2D eigenvalue weighted by atomic mass is 9.84. The van der Waals surface area contributed by atoms with Crippen LogP contribution in [0.1, 0.15) is 102 Å². The molecule has 0 spiro atoms. The Morgan fingerprint density at radius 2 is 1.08 bits per heavy atom. The molecule has 0 unspecified atom stereocenters. The molecule has 0 aliphatic carbocycles. The number of nitrogens with one attached hydrogen (secondary N) is 1. The summed E-state index contributed by atoms with van der Waals surface area (Å²) in [5.74, 6) is 0.459. The molecule has 0 aromatic heterocycles. The molecule has 6 rings (SSSR count). The third-order valence-electron chi connectivity index (χ3n) is 11.1. The third kappa shape index (κ3) is 10.7.